The second kappa shape index (κ2) is 6.60. The van der Waals surface area contributed by atoms with E-state index in [9.17, 15) is 4.79 Å². The first-order valence-corrected chi connectivity index (χ1v) is 6.07. The van der Waals surface area contributed by atoms with E-state index in [-0.39, 0.29) is 0 Å². The van der Waals surface area contributed by atoms with Crippen molar-refractivity contribution in [1.29, 1.82) is 0 Å². The molecule has 1 aliphatic carbocycles. The van der Waals surface area contributed by atoms with Gasteiger partial charge in [-0.1, -0.05) is 31.1 Å². The van der Waals surface area contributed by atoms with Crippen molar-refractivity contribution in [3.63, 3.8) is 0 Å². The maximum atomic E-state index is 11.3. The summed E-state index contributed by atoms with van der Waals surface area (Å²) in [7, 11) is 0. The van der Waals surface area contributed by atoms with Gasteiger partial charge in [-0.3, -0.25) is 4.79 Å². The van der Waals surface area contributed by atoms with Gasteiger partial charge in [0.25, 0.3) is 0 Å². The highest BCUT2D eigenvalue weighted by atomic mass is 16.1. The Hall–Kier alpha value is -0.850. The summed E-state index contributed by atoms with van der Waals surface area (Å²) >= 11 is 0. The summed E-state index contributed by atoms with van der Waals surface area (Å²) < 4.78 is 0. The largest absolute Gasteiger partial charge is 0.295 e. The Morgan fingerprint density at radius 3 is 2.73 bits per heavy atom. The topological polar surface area (TPSA) is 17.1 Å². The average molecular weight is 206 g/mol. The molecule has 1 rings (SSSR count). The van der Waals surface area contributed by atoms with Gasteiger partial charge in [0.05, 0.1) is 0 Å². The number of ketones is 1. The highest BCUT2D eigenvalue weighted by Gasteiger charge is 2.17. The Kier molecular flexibility index (Phi) is 5.38. The van der Waals surface area contributed by atoms with Crippen LogP contribution in [0.25, 0.3) is 0 Å². The van der Waals surface area contributed by atoms with E-state index in [2.05, 4.69) is 26.0 Å². The van der Waals surface area contributed by atoms with Gasteiger partial charge in [0, 0.05) is 6.42 Å². The molecular weight excluding hydrogens is 184 g/mol. The van der Waals surface area contributed by atoms with E-state index in [1.165, 1.54) is 18.4 Å². The molecule has 0 N–H and O–H groups in total. The molecule has 0 spiro atoms. The number of unbranched alkanes of at least 4 members (excludes halogenated alkanes) is 1. The van der Waals surface area contributed by atoms with Gasteiger partial charge in [-0.2, -0.15) is 0 Å². The third-order valence-electron chi connectivity index (χ3n) is 2.87. The molecule has 0 fully saturated rings. The van der Waals surface area contributed by atoms with E-state index in [1.54, 1.807) is 0 Å². The second-order valence-electron chi connectivity index (χ2n) is 4.57. The van der Waals surface area contributed by atoms with Gasteiger partial charge in [-0.25, -0.2) is 0 Å². The highest BCUT2D eigenvalue weighted by Crippen LogP contribution is 2.25. The summed E-state index contributed by atoms with van der Waals surface area (Å²) in [6, 6.07) is 0. The van der Waals surface area contributed by atoms with Gasteiger partial charge >= 0.3 is 0 Å². The molecule has 1 nitrogen and oxygen atoms in total. The number of allylic oxidation sites excluding steroid dienone is 4. The van der Waals surface area contributed by atoms with Crippen LogP contribution < -0.4 is 0 Å². The van der Waals surface area contributed by atoms with Gasteiger partial charge in [0.1, 0.15) is 0 Å². The fraction of sp³-hybridized carbons (Fsp3) is 0.643. The quantitative estimate of drug-likeness (QED) is 0.620. The van der Waals surface area contributed by atoms with Crippen molar-refractivity contribution >= 4 is 5.78 Å². The fourth-order valence-corrected chi connectivity index (χ4v) is 2.14. The minimum absolute atomic E-state index is 0.321. The van der Waals surface area contributed by atoms with Crippen molar-refractivity contribution in [1.82, 2.24) is 0 Å². The van der Waals surface area contributed by atoms with Crippen molar-refractivity contribution in [2.75, 3.05) is 0 Å². The van der Waals surface area contributed by atoms with Crippen LogP contribution in [-0.2, 0) is 4.79 Å². The Morgan fingerprint density at radius 1 is 1.33 bits per heavy atom. The fourth-order valence-electron chi connectivity index (χ4n) is 2.14. The Morgan fingerprint density at radius 2 is 2.07 bits per heavy atom. The molecule has 0 aromatic rings. The molecule has 84 valence electrons. The number of carbonyl (C=O) groups is 1. The summed E-state index contributed by atoms with van der Waals surface area (Å²) in [6.07, 6.45) is 12.9. The number of carbonyl (C=O) groups excluding carboxylic acids is 1. The second-order valence-corrected chi connectivity index (χ2v) is 4.57. The summed E-state index contributed by atoms with van der Waals surface area (Å²) in [5, 5.41) is 0. The first-order chi connectivity index (χ1) is 7.22. The molecular formula is C14H22O. The lowest BCUT2D eigenvalue weighted by atomic mass is 9.85. The first kappa shape index (κ1) is 12.2. The van der Waals surface area contributed by atoms with Crippen LogP contribution in [0.5, 0.6) is 0 Å². The summed E-state index contributed by atoms with van der Waals surface area (Å²) in [5.41, 5.74) is 1.26. The van der Waals surface area contributed by atoms with Crippen LogP contribution in [-0.4, -0.2) is 5.78 Å². The molecule has 0 aliphatic heterocycles. The Balaban J connectivity index is 2.23. The van der Waals surface area contributed by atoms with Gasteiger partial charge in [0.2, 0.25) is 0 Å². The van der Waals surface area contributed by atoms with Crippen molar-refractivity contribution in [3.8, 4) is 0 Å². The summed E-state index contributed by atoms with van der Waals surface area (Å²) in [4.78, 5) is 11.3. The van der Waals surface area contributed by atoms with Crippen LogP contribution >= 0.6 is 0 Å². The lowest BCUT2D eigenvalue weighted by molar-refractivity contribution is -0.116. The number of rotatable bonds is 5. The molecule has 1 unspecified atom stereocenters. The van der Waals surface area contributed by atoms with Crippen molar-refractivity contribution in [2.24, 2.45) is 5.92 Å². The van der Waals surface area contributed by atoms with E-state index in [0.717, 1.165) is 25.7 Å². The zero-order chi connectivity index (χ0) is 11.1. The van der Waals surface area contributed by atoms with E-state index in [4.69, 9.17) is 0 Å². The molecule has 0 radical (unpaired) electrons. The van der Waals surface area contributed by atoms with E-state index < -0.39 is 0 Å². The van der Waals surface area contributed by atoms with E-state index >= 15 is 0 Å². The van der Waals surface area contributed by atoms with Crippen molar-refractivity contribution in [2.45, 2.75) is 52.4 Å². The van der Waals surface area contributed by atoms with Crippen LogP contribution in [0.3, 0.4) is 0 Å². The molecule has 15 heavy (non-hydrogen) atoms. The lowest BCUT2D eigenvalue weighted by Crippen LogP contribution is -2.12. The minimum atomic E-state index is 0.321. The first-order valence-electron chi connectivity index (χ1n) is 6.07. The standard InChI is InChI=1S/C14H22O/c1-3-4-5-6-7-8-13-9-12(2)10-14(15)11-13/h5-6,10,13H,3-4,7-9,11H2,1-2H3/b6-5-. The maximum absolute atomic E-state index is 11.3. The third-order valence-corrected chi connectivity index (χ3v) is 2.87. The molecule has 0 heterocycles. The smallest absolute Gasteiger partial charge is 0.155 e. The van der Waals surface area contributed by atoms with Gasteiger partial charge < -0.3 is 0 Å². The Labute approximate surface area is 93.3 Å². The SMILES string of the molecule is CCC/C=C\CCC1CC(=O)C=C(C)C1. The zero-order valence-corrected chi connectivity index (χ0v) is 9.96. The van der Waals surface area contributed by atoms with Crippen molar-refractivity contribution < 1.29 is 4.79 Å². The van der Waals surface area contributed by atoms with Crippen molar-refractivity contribution in [3.05, 3.63) is 23.8 Å². The van der Waals surface area contributed by atoms with Crippen LogP contribution in [0.4, 0.5) is 0 Å². The number of hydrogen-bond donors (Lipinski definition) is 0. The monoisotopic (exact) mass is 206 g/mol. The molecule has 0 bridgehead atoms. The molecule has 0 amide bonds. The molecule has 0 saturated heterocycles. The highest BCUT2D eigenvalue weighted by molar-refractivity contribution is 5.91. The minimum Gasteiger partial charge on any atom is -0.295 e. The zero-order valence-electron chi connectivity index (χ0n) is 9.96. The molecule has 0 saturated carbocycles. The van der Waals surface area contributed by atoms with Crippen LogP contribution in [0.15, 0.2) is 23.8 Å². The van der Waals surface area contributed by atoms with Crippen LogP contribution in [0.2, 0.25) is 0 Å². The predicted molar refractivity (Wildman–Crippen MR) is 64.8 cm³/mol. The molecule has 1 aliphatic rings. The van der Waals surface area contributed by atoms with Crippen LogP contribution in [0.1, 0.15) is 52.4 Å². The van der Waals surface area contributed by atoms with E-state index in [0.29, 0.717) is 11.7 Å². The number of hydrogen-bond acceptors (Lipinski definition) is 1. The third kappa shape index (κ3) is 4.96. The normalized spacial score (nSPS) is 22.1. The summed E-state index contributed by atoms with van der Waals surface area (Å²) in [5.74, 6) is 0.912. The molecule has 1 atom stereocenters. The Bertz CT molecular complexity index is 261. The molecule has 0 aromatic carbocycles. The average Bonchev–Trinajstić information content (AvgIpc) is 2.16. The van der Waals surface area contributed by atoms with Gasteiger partial charge in [-0.05, 0) is 44.6 Å². The molecule has 0 aromatic heterocycles. The lowest BCUT2D eigenvalue weighted by Gasteiger charge is -2.19. The van der Waals surface area contributed by atoms with Gasteiger partial charge in [0.15, 0.2) is 5.78 Å². The maximum Gasteiger partial charge on any atom is 0.155 e. The van der Waals surface area contributed by atoms with E-state index in [1.807, 2.05) is 6.08 Å². The summed E-state index contributed by atoms with van der Waals surface area (Å²) in [6.45, 7) is 4.26. The van der Waals surface area contributed by atoms with Crippen LogP contribution in [0, 0.1) is 5.92 Å². The molecule has 1 heteroatoms. The predicted octanol–water partition coefficient (Wildman–Crippen LogP) is 4.05. The van der Waals surface area contributed by atoms with Gasteiger partial charge in [-0.15, -0.1) is 0 Å².